The second kappa shape index (κ2) is 15.0. The van der Waals surface area contributed by atoms with Gasteiger partial charge >= 0.3 is 6.09 Å². The molecule has 2 aromatic rings. The van der Waals surface area contributed by atoms with Crippen LogP contribution in [0.15, 0.2) is 64.1 Å². The number of halogens is 2. The van der Waals surface area contributed by atoms with Gasteiger partial charge in [-0.15, -0.1) is 0 Å². The highest BCUT2D eigenvalue weighted by atomic mass is 35.5. The average molecular weight is 788 g/mol. The number of carbonyl (C=O) groups excluding carboxylic acids is 2. The Morgan fingerprint density at radius 3 is 2.12 bits per heavy atom. The van der Waals surface area contributed by atoms with Gasteiger partial charge in [-0.25, -0.2) is 9.79 Å². The third-order valence-corrected chi connectivity index (χ3v) is 16.9. The van der Waals surface area contributed by atoms with Crippen molar-refractivity contribution in [3.63, 3.8) is 0 Å². The average Bonchev–Trinajstić information content (AvgIpc) is 3.70. The van der Waals surface area contributed by atoms with Gasteiger partial charge < -0.3 is 23.9 Å². The van der Waals surface area contributed by atoms with Gasteiger partial charge in [0, 0.05) is 28.8 Å². The highest BCUT2D eigenvalue weighted by molar-refractivity contribution is 8.18. The maximum absolute atomic E-state index is 14.9. The zero-order valence-electron chi connectivity index (χ0n) is 32.8. The summed E-state index contributed by atoms with van der Waals surface area (Å²) >= 11 is 14.1. The predicted molar refractivity (Wildman–Crippen MR) is 217 cm³/mol. The smallest absolute Gasteiger partial charge is 0.410 e. The summed E-state index contributed by atoms with van der Waals surface area (Å²) in [6, 6.07) is 15.1. The molecule has 0 spiro atoms. The number of amides is 2. The van der Waals surface area contributed by atoms with Crippen molar-refractivity contribution in [3.8, 4) is 0 Å². The minimum Gasteiger partial charge on any atom is -0.444 e. The molecular formula is C40H56Cl2N4O4SSi. The number of ether oxygens (including phenoxy) is 1. The quantitative estimate of drug-likeness (QED) is 0.236. The number of rotatable bonds is 9. The van der Waals surface area contributed by atoms with Crippen molar-refractivity contribution in [1.29, 1.82) is 0 Å². The number of thioether (sulfide) groups is 1. The third-order valence-electron chi connectivity index (χ3n) is 10.9. The number of carbonyl (C=O) groups is 2. The zero-order chi connectivity index (χ0) is 38.6. The Hall–Kier alpha value is -2.50. The number of hydrogen-bond donors (Lipinski definition) is 0. The minimum absolute atomic E-state index is 0.0211. The number of amidine groups is 1. The van der Waals surface area contributed by atoms with Gasteiger partial charge in [0.1, 0.15) is 16.0 Å². The number of allylic oxidation sites excluding steroid dienone is 1. The highest BCUT2D eigenvalue weighted by Gasteiger charge is 2.54. The van der Waals surface area contributed by atoms with Gasteiger partial charge in [0.15, 0.2) is 13.5 Å². The van der Waals surface area contributed by atoms with Crippen molar-refractivity contribution in [2.24, 2.45) is 10.9 Å². The van der Waals surface area contributed by atoms with E-state index in [2.05, 4.69) is 71.7 Å². The van der Waals surface area contributed by atoms with E-state index in [1.807, 2.05) is 69.0 Å². The Morgan fingerprint density at radius 1 is 1.02 bits per heavy atom. The maximum Gasteiger partial charge on any atom is 0.410 e. The first-order valence-electron chi connectivity index (χ1n) is 18.3. The van der Waals surface area contributed by atoms with Crippen molar-refractivity contribution < 1.29 is 18.8 Å². The summed E-state index contributed by atoms with van der Waals surface area (Å²) in [7, 11) is -2.10. The number of nitrogens with zero attached hydrogens (tertiary/aromatic N) is 4. The first-order chi connectivity index (χ1) is 24.1. The molecule has 1 fully saturated rings. The lowest BCUT2D eigenvalue weighted by molar-refractivity contribution is -0.128. The molecular weight excluding hydrogens is 732 g/mol. The van der Waals surface area contributed by atoms with E-state index in [4.69, 9.17) is 37.4 Å². The Kier molecular flexibility index (Phi) is 11.7. The van der Waals surface area contributed by atoms with Crippen LogP contribution in [0, 0.1) is 5.92 Å². The van der Waals surface area contributed by atoms with Crippen molar-refractivity contribution in [2.45, 2.75) is 123 Å². The van der Waals surface area contributed by atoms with Gasteiger partial charge in [-0.2, -0.15) is 0 Å². The second-order valence-electron chi connectivity index (χ2n) is 17.2. The summed E-state index contributed by atoms with van der Waals surface area (Å²) in [4.78, 5) is 40.6. The molecule has 0 aliphatic carbocycles. The number of likely N-dealkylation sites (tertiary alicyclic amines) is 1. The fraction of sp³-hybridized carbons (Fsp3) is 0.575. The standard InChI is InChI=1S/C40H56Cl2N4O4SSi/c1-13-44(30-22-31(24-49-52(11,12)39(7,8)9)45(23-30)37(48)50-38(4,5)6)35(47)33-32(25(2)3)46-34(26-14-18-28(41)19-15-26)40(10,43-36(46)51-33)27-16-20-29(42)21-17-27/h14-21,25,30-31,34H,13,22-24H2,1-12H3/t30-,31-,34+,40-/m0/s1. The maximum atomic E-state index is 14.9. The van der Waals surface area contributed by atoms with Gasteiger partial charge in [-0.05, 0) is 112 Å². The lowest BCUT2D eigenvalue weighted by Gasteiger charge is -2.38. The number of benzene rings is 2. The molecule has 3 aliphatic rings. The van der Waals surface area contributed by atoms with E-state index in [0.29, 0.717) is 41.1 Å². The molecule has 0 N–H and O–H groups in total. The monoisotopic (exact) mass is 786 g/mol. The minimum atomic E-state index is -2.10. The van der Waals surface area contributed by atoms with Gasteiger partial charge in [0.05, 0.1) is 24.7 Å². The van der Waals surface area contributed by atoms with Crippen LogP contribution in [0.5, 0.6) is 0 Å². The molecule has 12 heteroatoms. The molecule has 284 valence electrons. The van der Waals surface area contributed by atoms with Crippen LogP contribution < -0.4 is 0 Å². The highest BCUT2D eigenvalue weighted by Crippen LogP contribution is 2.56. The molecule has 2 amide bonds. The SMILES string of the molecule is CCN(C(=O)C1=C(C(C)C)N2C(=N[C@@](C)(c3ccc(Cl)cc3)[C@H]2c2ccc(Cl)cc2)S1)[C@H]1C[C@@H](CO[Si](C)(C)C(C)(C)C)N(C(=O)OC(C)(C)C)C1. The molecule has 2 aromatic carbocycles. The van der Waals surface area contributed by atoms with Crippen molar-refractivity contribution >= 4 is 60.4 Å². The van der Waals surface area contributed by atoms with Crippen LogP contribution in [0.3, 0.4) is 0 Å². The molecule has 52 heavy (non-hydrogen) atoms. The molecule has 0 radical (unpaired) electrons. The van der Waals surface area contributed by atoms with E-state index in [1.165, 1.54) is 11.8 Å². The summed E-state index contributed by atoms with van der Waals surface area (Å²) in [6.07, 6.45) is 0.233. The molecule has 4 atom stereocenters. The van der Waals surface area contributed by atoms with Crippen molar-refractivity contribution in [3.05, 3.63) is 80.3 Å². The number of aliphatic imine (C=N–C) groups is 1. The molecule has 1 saturated heterocycles. The zero-order valence-corrected chi connectivity index (χ0v) is 36.2. The lowest BCUT2D eigenvalue weighted by Crippen LogP contribution is -2.47. The molecule has 0 saturated carbocycles. The normalized spacial score (nSPS) is 23.8. The van der Waals surface area contributed by atoms with E-state index in [1.54, 1.807) is 4.90 Å². The second-order valence-corrected chi connectivity index (χ2v) is 23.8. The van der Waals surface area contributed by atoms with Crippen LogP contribution in [0.4, 0.5) is 4.79 Å². The Labute approximate surface area is 326 Å². The van der Waals surface area contributed by atoms with Crippen LogP contribution in [0.2, 0.25) is 28.2 Å². The van der Waals surface area contributed by atoms with Gasteiger partial charge in [0.25, 0.3) is 5.91 Å². The Morgan fingerprint density at radius 2 is 1.60 bits per heavy atom. The van der Waals surface area contributed by atoms with E-state index in [9.17, 15) is 9.59 Å². The van der Waals surface area contributed by atoms with Crippen LogP contribution in [-0.2, 0) is 19.5 Å². The first-order valence-corrected chi connectivity index (χ1v) is 22.8. The van der Waals surface area contributed by atoms with Gasteiger partial charge in [-0.3, -0.25) is 4.79 Å². The summed E-state index contributed by atoms with van der Waals surface area (Å²) in [5.41, 5.74) is 1.73. The van der Waals surface area contributed by atoms with Crippen LogP contribution in [-0.4, -0.2) is 77.6 Å². The Balaban J connectivity index is 1.50. The molecule has 5 rings (SSSR count). The van der Waals surface area contributed by atoms with Gasteiger partial charge in [-0.1, -0.05) is 82.1 Å². The van der Waals surface area contributed by atoms with E-state index in [0.717, 1.165) is 22.0 Å². The predicted octanol–water partition coefficient (Wildman–Crippen LogP) is 10.5. The molecule has 8 nitrogen and oxygen atoms in total. The molecule has 3 heterocycles. The summed E-state index contributed by atoms with van der Waals surface area (Å²) < 4.78 is 12.6. The molecule has 0 bridgehead atoms. The van der Waals surface area contributed by atoms with Gasteiger partial charge in [0.2, 0.25) is 0 Å². The van der Waals surface area contributed by atoms with Crippen molar-refractivity contribution in [1.82, 2.24) is 14.7 Å². The number of fused-ring (bicyclic) bond motifs is 1. The van der Waals surface area contributed by atoms with Crippen molar-refractivity contribution in [2.75, 3.05) is 19.7 Å². The van der Waals surface area contributed by atoms with Crippen LogP contribution >= 0.6 is 35.0 Å². The Bertz CT molecular complexity index is 1720. The van der Waals surface area contributed by atoms with E-state index in [-0.39, 0.29) is 41.1 Å². The van der Waals surface area contributed by atoms with Crippen LogP contribution in [0.25, 0.3) is 0 Å². The summed E-state index contributed by atoms with van der Waals surface area (Å²) in [6.45, 7) is 26.4. The van der Waals surface area contributed by atoms with E-state index < -0.39 is 19.5 Å². The summed E-state index contributed by atoms with van der Waals surface area (Å²) in [5.74, 6) is -0.0238. The fourth-order valence-electron chi connectivity index (χ4n) is 7.10. The molecule has 3 aliphatic heterocycles. The third kappa shape index (κ3) is 8.11. The fourth-order valence-corrected chi connectivity index (χ4v) is 9.76. The number of hydrogen-bond acceptors (Lipinski definition) is 7. The summed E-state index contributed by atoms with van der Waals surface area (Å²) in [5, 5.41) is 2.14. The topological polar surface area (TPSA) is 74.7 Å². The molecule has 0 unspecified atom stereocenters. The largest absolute Gasteiger partial charge is 0.444 e. The first kappa shape index (κ1) is 40.7. The van der Waals surface area contributed by atoms with E-state index >= 15 is 0 Å². The molecule has 0 aromatic heterocycles. The lowest BCUT2D eigenvalue weighted by atomic mass is 9.81. The van der Waals surface area contributed by atoms with Crippen LogP contribution in [0.1, 0.15) is 92.8 Å². The number of likely N-dealkylation sites (N-methyl/N-ethyl adjacent to an activating group) is 1.